The van der Waals surface area contributed by atoms with Crippen molar-refractivity contribution in [2.45, 2.75) is 0 Å². The monoisotopic (exact) mass is 262 g/mol. The predicted molar refractivity (Wildman–Crippen MR) is 72.0 cm³/mol. The summed E-state index contributed by atoms with van der Waals surface area (Å²) in [6.07, 6.45) is 0. The summed E-state index contributed by atoms with van der Waals surface area (Å²) in [6, 6.07) is 10.3. The number of hydrogen-bond acceptors (Lipinski definition) is 5. The molecule has 19 heavy (non-hydrogen) atoms. The largest absolute Gasteiger partial charge is 0.508 e. The molecule has 0 bridgehead atoms. The molecule has 0 aliphatic heterocycles. The van der Waals surface area contributed by atoms with Crippen molar-refractivity contribution in [3.63, 3.8) is 0 Å². The molecule has 7 N–H and O–H groups in total. The number of carbonyl (C=O) groups is 1. The quantitative estimate of drug-likeness (QED) is 0.392. The third-order valence-electron chi connectivity index (χ3n) is 2.14. The molecule has 0 aliphatic rings. The second kappa shape index (κ2) is 6.15. The zero-order chi connectivity index (χ0) is 14.4. The highest BCUT2D eigenvalue weighted by Gasteiger charge is 2.08. The van der Waals surface area contributed by atoms with E-state index in [1.807, 2.05) is 0 Å². The smallest absolute Gasteiger partial charge is 0.339 e. The maximum atomic E-state index is 10.4. The van der Waals surface area contributed by atoms with Crippen LogP contribution in [0.3, 0.4) is 0 Å². The van der Waals surface area contributed by atoms with Crippen LogP contribution >= 0.6 is 0 Å². The fourth-order valence-electron chi connectivity index (χ4n) is 1.20. The molecule has 0 amide bonds. The van der Waals surface area contributed by atoms with Gasteiger partial charge in [-0.1, -0.05) is 0 Å². The van der Waals surface area contributed by atoms with E-state index in [4.69, 9.17) is 26.8 Å². The van der Waals surface area contributed by atoms with Crippen LogP contribution in [0, 0.1) is 0 Å². The number of benzene rings is 2. The molecule has 6 nitrogen and oxygen atoms in total. The lowest BCUT2D eigenvalue weighted by atomic mass is 10.2. The minimum atomic E-state index is -1.19. The van der Waals surface area contributed by atoms with Gasteiger partial charge in [0.1, 0.15) is 17.1 Å². The Bertz CT molecular complexity index is 546. The Morgan fingerprint density at radius 2 is 1.42 bits per heavy atom. The van der Waals surface area contributed by atoms with Crippen LogP contribution in [0.2, 0.25) is 0 Å². The first-order valence-electron chi connectivity index (χ1n) is 5.26. The zero-order valence-electron chi connectivity index (χ0n) is 9.95. The summed E-state index contributed by atoms with van der Waals surface area (Å²) >= 11 is 0. The van der Waals surface area contributed by atoms with Crippen molar-refractivity contribution in [1.82, 2.24) is 0 Å². The van der Waals surface area contributed by atoms with E-state index in [2.05, 4.69) is 0 Å². The van der Waals surface area contributed by atoms with E-state index >= 15 is 0 Å². The van der Waals surface area contributed by atoms with E-state index in [1.165, 1.54) is 18.2 Å². The third kappa shape index (κ3) is 4.47. The van der Waals surface area contributed by atoms with Gasteiger partial charge >= 0.3 is 5.97 Å². The standard InChI is InChI=1S/C7H7NO3.C6H7NO/c8-4-1-2-6(9)5(3-4)7(10)11;7-5-1-3-6(8)4-2-5/h1-3,9H,8H2,(H,10,11);1-4,8H,7H2. The molecule has 0 saturated heterocycles. The summed E-state index contributed by atoms with van der Waals surface area (Å²) in [5, 5.41) is 26.1. The second-order valence-corrected chi connectivity index (χ2v) is 3.67. The normalized spacial score (nSPS) is 9.26. The summed E-state index contributed by atoms with van der Waals surface area (Å²) in [7, 11) is 0. The van der Waals surface area contributed by atoms with Crippen molar-refractivity contribution in [2.75, 3.05) is 11.5 Å². The lowest BCUT2D eigenvalue weighted by Gasteiger charge is -1.98. The summed E-state index contributed by atoms with van der Waals surface area (Å²) in [4.78, 5) is 10.4. The summed E-state index contributed by atoms with van der Waals surface area (Å²) in [5.74, 6) is -1.21. The minimum absolute atomic E-state index is 0.176. The van der Waals surface area contributed by atoms with E-state index in [-0.39, 0.29) is 17.1 Å². The maximum absolute atomic E-state index is 10.4. The molecule has 2 rings (SSSR count). The first-order chi connectivity index (χ1) is 8.90. The molecule has 2 aromatic rings. The Labute approximate surface area is 109 Å². The Kier molecular flexibility index (Phi) is 4.59. The fraction of sp³-hybridized carbons (Fsp3) is 0. The SMILES string of the molecule is Nc1ccc(O)c(C(=O)O)c1.Nc1ccc(O)cc1. The van der Waals surface area contributed by atoms with Crippen LogP contribution in [0.5, 0.6) is 11.5 Å². The molecule has 0 aromatic heterocycles. The highest BCUT2D eigenvalue weighted by molar-refractivity contribution is 5.91. The number of phenols is 2. The van der Waals surface area contributed by atoms with Gasteiger partial charge in [-0.25, -0.2) is 4.79 Å². The Hall–Kier alpha value is -2.89. The molecule has 0 spiro atoms. The Balaban J connectivity index is 0.000000200. The van der Waals surface area contributed by atoms with Crippen molar-refractivity contribution in [3.8, 4) is 11.5 Å². The van der Waals surface area contributed by atoms with Crippen LogP contribution in [-0.4, -0.2) is 21.3 Å². The van der Waals surface area contributed by atoms with Crippen LogP contribution in [0.4, 0.5) is 11.4 Å². The average molecular weight is 262 g/mol. The highest BCUT2D eigenvalue weighted by Crippen LogP contribution is 2.19. The Morgan fingerprint density at radius 3 is 1.84 bits per heavy atom. The van der Waals surface area contributed by atoms with Gasteiger partial charge in [0.15, 0.2) is 0 Å². The van der Waals surface area contributed by atoms with E-state index in [9.17, 15) is 4.79 Å². The van der Waals surface area contributed by atoms with Gasteiger partial charge in [0.2, 0.25) is 0 Å². The summed E-state index contributed by atoms with van der Waals surface area (Å²) in [5.41, 5.74) is 11.4. The number of nitrogens with two attached hydrogens (primary N) is 2. The number of aromatic carboxylic acids is 1. The van der Waals surface area contributed by atoms with Crippen LogP contribution in [0.25, 0.3) is 0 Å². The van der Waals surface area contributed by atoms with Gasteiger partial charge in [0, 0.05) is 11.4 Å². The first kappa shape index (κ1) is 14.2. The van der Waals surface area contributed by atoms with E-state index in [1.54, 1.807) is 24.3 Å². The van der Waals surface area contributed by atoms with Gasteiger partial charge in [0.05, 0.1) is 0 Å². The number of hydrogen-bond donors (Lipinski definition) is 5. The fourth-order valence-corrected chi connectivity index (χ4v) is 1.20. The lowest BCUT2D eigenvalue weighted by molar-refractivity contribution is 0.0694. The molecular weight excluding hydrogens is 248 g/mol. The van der Waals surface area contributed by atoms with E-state index in [0.717, 1.165) is 0 Å². The molecule has 6 heteroatoms. The van der Waals surface area contributed by atoms with Crippen molar-refractivity contribution in [2.24, 2.45) is 0 Å². The van der Waals surface area contributed by atoms with Gasteiger partial charge in [-0.2, -0.15) is 0 Å². The number of anilines is 2. The maximum Gasteiger partial charge on any atom is 0.339 e. The van der Waals surface area contributed by atoms with E-state index in [0.29, 0.717) is 11.4 Å². The lowest BCUT2D eigenvalue weighted by Crippen LogP contribution is -1.97. The second-order valence-electron chi connectivity index (χ2n) is 3.67. The zero-order valence-corrected chi connectivity index (χ0v) is 9.95. The van der Waals surface area contributed by atoms with E-state index < -0.39 is 5.97 Å². The molecule has 100 valence electrons. The molecule has 0 fully saturated rings. The molecule has 0 heterocycles. The molecule has 0 unspecified atom stereocenters. The van der Waals surface area contributed by atoms with Gasteiger partial charge in [0.25, 0.3) is 0 Å². The van der Waals surface area contributed by atoms with Crippen molar-refractivity contribution < 1.29 is 20.1 Å². The first-order valence-corrected chi connectivity index (χ1v) is 5.26. The van der Waals surface area contributed by atoms with Crippen LogP contribution in [0.15, 0.2) is 42.5 Å². The van der Waals surface area contributed by atoms with Crippen molar-refractivity contribution in [3.05, 3.63) is 48.0 Å². The summed E-state index contributed by atoms with van der Waals surface area (Å²) in [6.45, 7) is 0. The third-order valence-corrected chi connectivity index (χ3v) is 2.14. The molecule has 0 atom stereocenters. The number of carboxylic acid groups (broad SMARTS) is 1. The number of nitrogen functional groups attached to an aromatic ring is 2. The predicted octanol–water partition coefficient (Wildman–Crippen LogP) is 1.65. The average Bonchev–Trinajstić information content (AvgIpc) is 2.36. The topological polar surface area (TPSA) is 130 Å². The number of carboxylic acids is 1. The van der Waals surface area contributed by atoms with Gasteiger partial charge in [-0.3, -0.25) is 0 Å². The van der Waals surface area contributed by atoms with Crippen LogP contribution in [-0.2, 0) is 0 Å². The molecule has 0 radical (unpaired) electrons. The summed E-state index contributed by atoms with van der Waals surface area (Å²) < 4.78 is 0. The van der Waals surface area contributed by atoms with Crippen LogP contribution < -0.4 is 11.5 Å². The highest BCUT2D eigenvalue weighted by atomic mass is 16.4. The minimum Gasteiger partial charge on any atom is -0.508 e. The molecule has 0 aliphatic carbocycles. The molecule has 2 aromatic carbocycles. The van der Waals surface area contributed by atoms with Crippen molar-refractivity contribution >= 4 is 17.3 Å². The number of phenolic OH excluding ortho intramolecular Hbond substituents is 1. The molecular formula is C13H14N2O4. The Morgan fingerprint density at radius 1 is 0.895 bits per heavy atom. The van der Waals surface area contributed by atoms with Gasteiger partial charge in [-0.15, -0.1) is 0 Å². The molecule has 0 saturated carbocycles. The number of rotatable bonds is 1. The van der Waals surface area contributed by atoms with Crippen molar-refractivity contribution in [1.29, 1.82) is 0 Å². The number of aromatic hydroxyl groups is 2. The van der Waals surface area contributed by atoms with Gasteiger partial charge < -0.3 is 26.8 Å². The van der Waals surface area contributed by atoms with Gasteiger partial charge in [-0.05, 0) is 42.5 Å². The van der Waals surface area contributed by atoms with Crippen LogP contribution in [0.1, 0.15) is 10.4 Å².